The minimum absolute atomic E-state index is 0.200. The highest BCUT2D eigenvalue weighted by Crippen LogP contribution is 2.48. The Labute approximate surface area is 112 Å². The van der Waals surface area contributed by atoms with Crippen LogP contribution in [0.25, 0.3) is 0 Å². The molecule has 1 aliphatic carbocycles. The van der Waals surface area contributed by atoms with Crippen molar-refractivity contribution < 1.29 is 18.7 Å². The average Bonchev–Trinajstić information content (AvgIpc) is 3.02. The normalized spacial score (nSPS) is 16.1. The smallest absolute Gasteiger partial charge is 0.360 e. The van der Waals surface area contributed by atoms with Crippen LogP contribution in [-0.2, 0) is 9.47 Å². The first-order chi connectivity index (χ1) is 9.19. The molecule has 1 aromatic rings. The molecular formula is C13H20N2O4. The molecule has 0 amide bonds. The van der Waals surface area contributed by atoms with Gasteiger partial charge in [-0.05, 0) is 31.6 Å². The van der Waals surface area contributed by atoms with Gasteiger partial charge in [0.05, 0.1) is 6.61 Å². The summed E-state index contributed by atoms with van der Waals surface area (Å²) in [5, 5.41) is 3.13. The van der Waals surface area contributed by atoms with Crippen LogP contribution in [0.15, 0.2) is 10.7 Å². The molecule has 0 unspecified atom stereocenters. The van der Waals surface area contributed by atoms with Gasteiger partial charge in [0.2, 0.25) is 0 Å². The number of nitrogens with one attached hydrogen (secondary N) is 1. The summed E-state index contributed by atoms with van der Waals surface area (Å²) in [6.07, 6.45) is 4.72. The minimum atomic E-state index is -0.459. The van der Waals surface area contributed by atoms with Crippen LogP contribution in [0.3, 0.4) is 0 Å². The Morgan fingerprint density at radius 3 is 3.00 bits per heavy atom. The third kappa shape index (κ3) is 3.70. The van der Waals surface area contributed by atoms with E-state index in [4.69, 9.17) is 13.9 Å². The number of aromatic nitrogens is 1. The summed E-state index contributed by atoms with van der Waals surface area (Å²) in [6, 6.07) is 0.367. The van der Waals surface area contributed by atoms with Crippen molar-refractivity contribution >= 4 is 12.0 Å². The van der Waals surface area contributed by atoms with E-state index in [1.807, 2.05) is 0 Å². The van der Waals surface area contributed by atoms with Crippen molar-refractivity contribution in [2.75, 3.05) is 32.2 Å². The third-order valence-corrected chi connectivity index (χ3v) is 3.40. The van der Waals surface area contributed by atoms with E-state index in [-0.39, 0.29) is 5.69 Å². The van der Waals surface area contributed by atoms with Gasteiger partial charge in [0, 0.05) is 20.3 Å². The maximum absolute atomic E-state index is 11.4. The lowest BCUT2D eigenvalue weighted by molar-refractivity contribution is 0.0519. The summed E-state index contributed by atoms with van der Waals surface area (Å²) in [7, 11) is 1.71. The Bertz CT molecular complexity index is 426. The molecule has 106 valence electrons. The second-order valence-electron chi connectivity index (χ2n) is 4.85. The second kappa shape index (κ2) is 6.06. The molecule has 0 saturated heterocycles. The van der Waals surface area contributed by atoms with Crippen LogP contribution in [0, 0.1) is 5.41 Å². The van der Waals surface area contributed by atoms with Crippen LogP contribution < -0.4 is 5.32 Å². The molecule has 0 radical (unpaired) electrons. The average molecular weight is 268 g/mol. The van der Waals surface area contributed by atoms with Gasteiger partial charge in [-0.1, -0.05) is 0 Å². The quantitative estimate of drug-likeness (QED) is 0.728. The Balaban J connectivity index is 1.82. The summed E-state index contributed by atoms with van der Waals surface area (Å²) in [6.45, 7) is 3.64. The monoisotopic (exact) mass is 268 g/mol. The number of methoxy groups -OCH3 is 1. The van der Waals surface area contributed by atoms with E-state index in [2.05, 4.69) is 10.3 Å². The van der Waals surface area contributed by atoms with Crippen molar-refractivity contribution in [2.24, 2.45) is 5.41 Å². The number of carbonyl (C=O) groups is 1. The van der Waals surface area contributed by atoms with Crippen LogP contribution in [0.4, 0.5) is 6.01 Å². The number of esters is 1. The van der Waals surface area contributed by atoms with E-state index in [0.29, 0.717) is 18.0 Å². The minimum Gasteiger partial charge on any atom is -0.461 e. The topological polar surface area (TPSA) is 73.6 Å². The zero-order valence-electron chi connectivity index (χ0n) is 11.4. The van der Waals surface area contributed by atoms with E-state index in [0.717, 1.165) is 19.6 Å². The number of nitrogens with zero attached hydrogens (tertiary/aromatic N) is 1. The third-order valence-electron chi connectivity index (χ3n) is 3.40. The van der Waals surface area contributed by atoms with Gasteiger partial charge in [0.15, 0.2) is 5.69 Å². The number of ether oxygens (including phenoxy) is 2. The Hall–Kier alpha value is -1.56. The summed E-state index contributed by atoms with van der Waals surface area (Å²) in [4.78, 5) is 15.5. The number of hydrogen-bond acceptors (Lipinski definition) is 6. The van der Waals surface area contributed by atoms with Gasteiger partial charge in [0.1, 0.15) is 6.26 Å². The zero-order chi connectivity index (χ0) is 13.7. The lowest BCUT2D eigenvalue weighted by Crippen LogP contribution is -2.17. The van der Waals surface area contributed by atoms with E-state index >= 15 is 0 Å². The molecule has 0 aliphatic heterocycles. The van der Waals surface area contributed by atoms with Crippen molar-refractivity contribution in [1.82, 2.24) is 4.98 Å². The predicted octanol–water partition coefficient (Wildman–Crippen LogP) is 2.08. The van der Waals surface area contributed by atoms with Crippen molar-refractivity contribution in [3.8, 4) is 0 Å². The van der Waals surface area contributed by atoms with Crippen LogP contribution in [0.2, 0.25) is 0 Å². The molecular weight excluding hydrogens is 248 g/mol. The number of carbonyl (C=O) groups excluding carboxylic acids is 1. The van der Waals surface area contributed by atoms with Crippen LogP contribution in [-0.4, -0.2) is 37.8 Å². The van der Waals surface area contributed by atoms with Crippen molar-refractivity contribution in [3.05, 3.63) is 12.0 Å². The van der Waals surface area contributed by atoms with Gasteiger partial charge in [-0.15, -0.1) is 0 Å². The van der Waals surface area contributed by atoms with Gasteiger partial charge in [-0.3, -0.25) is 0 Å². The fourth-order valence-electron chi connectivity index (χ4n) is 1.93. The fraction of sp³-hybridized carbons (Fsp3) is 0.692. The molecule has 1 N–H and O–H groups in total. The van der Waals surface area contributed by atoms with Gasteiger partial charge >= 0.3 is 5.97 Å². The van der Waals surface area contributed by atoms with Gasteiger partial charge in [-0.25, -0.2) is 4.79 Å². The molecule has 1 fully saturated rings. The number of anilines is 1. The predicted molar refractivity (Wildman–Crippen MR) is 69.1 cm³/mol. The highest BCUT2D eigenvalue weighted by atomic mass is 16.5. The summed E-state index contributed by atoms with van der Waals surface area (Å²) in [5.41, 5.74) is 0.500. The summed E-state index contributed by atoms with van der Waals surface area (Å²) in [5.74, 6) is -0.459. The molecule has 2 rings (SSSR count). The number of rotatable bonds is 8. The summed E-state index contributed by atoms with van der Waals surface area (Å²) < 4.78 is 15.2. The van der Waals surface area contributed by atoms with Crippen molar-refractivity contribution in [1.29, 1.82) is 0 Å². The molecule has 19 heavy (non-hydrogen) atoms. The lowest BCUT2D eigenvalue weighted by Gasteiger charge is -2.14. The van der Waals surface area contributed by atoms with Crippen LogP contribution >= 0.6 is 0 Å². The standard InChI is InChI=1S/C13H20N2O4/c1-3-18-11(16)10-8-19-12(15-10)14-9-13(4-5-13)6-7-17-2/h8H,3-7,9H2,1-2H3,(H,14,15). The number of oxazole rings is 1. The Morgan fingerprint density at radius 1 is 1.58 bits per heavy atom. The first-order valence-electron chi connectivity index (χ1n) is 6.54. The molecule has 0 atom stereocenters. The van der Waals surface area contributed by atoms with Crippen molar-refractivity contribution in [3.63, 3.8) is 0 Å². The van der Waals surface area contributed by atoms with E-state index in [1.54, 1.807) is 14.0 Å². The zero-order valence-corrected chi connectivity index (χ0v) is 11.4. The fourth-order valence-corrected chi connectivity index (χ4v) is 1.93. The maximum atomic E-state index is 11.4. The maximum Gasteiger partial charge on any atom is 0.360 e. The van der Waals surface area contributed by atoms with E-state index in [1.165, 1.54) is 19.1 Å². The molecule has 1 heterocycles. The first kappa shape index (κ1) is 13.9. The largest absolute Gasteiger partial charge is 0.461 e. The Morgan fingerprint density at radius 2 is 2.37 bits per heavy atom. The summed E-state index contributed by atoms with van der Waals surface area (Å²) >= 11 is 0. The van der Waals surface area contributed by atoms with E-state index in [9.17, 15) is 4.79 Å². The van der Waals surface area contributed by atoms with Crippen molar-refractivity contribution in [2.45, 2.75) is 26.2 Å². The lowest BCUT2D eigenvalue weighted by atomic mass is 10.0. The van der Waals surface area contributed by atoms with Crippen LogP contribution in [0.1, 0.15) is 36.7 Å². The highest BCUT2D eigenvalue weighted by molar-refractivity contribution is 5.87. The second-order valence-corrected chi connectivity index (χ2v) is 4.85. The van der Waals surface area contributed by atoms with Gasteiger partial charge in [-0.2, -0.15) is 4.98 Å². The number of hydrogen-bond donors (Lipinski definition) is 1. The molecule has 6 heteroatoms. The van der Waals surface area contributed by atoms with Crippen LogP contribution in [0.5, 0.6) is 0 Å². The van der Waals surface area contributed by atoms with Gasteiger partial charge < -0.3 is 19.2 Å². The van der Waals surface area contributed by atoms with E-state index < -0.39 is 5.97 Å². The Kier molecular flexibility index (Phi) is 4.42. The molecule has 0 aromatic carbocycles. The van der Waals surface area contributed by atoms with Gasteiger partial charge in [0.25, 0.3) is 6.01 Å². The molecule has 6 nitrogen and oxygen atoms in total. The molecule has 0 spiro atoms. The first-order valence-corrected chi connectivity index (χ1v) is 6.54. The molecule has 1 saturated carbocycles. The molecule has 1 aliphatic rings. The SMILES string of the molecule is CCOC(=O)c1coc(NCC2(CCOC)CC2)n1. The molecule has 0 bridgehead atoms. The molecule has 1 aromatic heterocycles. The highest BCUT2D eigenvalue weighted by Gasteiger charge is 2.42.